The molecule has 1 amide bonds. The highest BCUT2D eigenvalue weighted by molar-refractivity contribution is 5.96. The van der Waals surface area contributed by atoms with Gasteiger partial charge >= 0.3 is 0 Å². The maximum absolute atomic E-state index is 12.7. The van der Waals surface area contributed by atoms with E-state index in [1.54, 1.807) is 4.68 Å². The molecule has 6 heteroatoms. The van der Waals surface area contributed by atoms with Gasteiger partial charge in [-0.3, -0.25) is 9.48 Å². The summed E-state index contributed by atoms with van der Waals surface area (Å²) in [4.78, 5) is 14.6. The standard InChI is InChI=1S/C14H22N4O.ClH/c1-8-13(9(2)17(3)16-8)14(19)18-6-10-4-5-12(15)11(10)7-18;/h10-12H,4-7,15H2,1-3H3;1H. The second kappa shape index (κ2) is 5.37. The molecule has 1 saturated heterocycles. The molecule has 2 N–H and O–H groups in total. The van der Waals surface area contributed by atoms with Gasteiger partial charge in [-0.05, 0) is 38.5 Å². The van der Waals surface area contributed by atoms with Gasteiger partial charge < -0.3 is 10.6 Å². The number of likely N-dealkylation sites (tertiary alicyclic amines) is 1. The van der Waals surface area contributed by atoms with Gasteiger partial charge in [-0.1, -0.05) is 0 Å². The summed E-state index contributed by atoms with van der Waals surface area (Å²) >= 11 is 0. The zero-order valence-electron chi connectivity index (χ0n) is 12.3. The molecule has 2 aliphatic rings. The normalized spacial score (nSPS) is 28.4. The van der Waals surface area contributed by atoms with E-state index in [-0.39, 0.29) is 24.4 Å². The molecule has 112 valence electrons. The second-order valence-electron chi connectivity index (χ2n) is 6.04. The lowest BCUT2D eigenvalue weighted by Gasteiger charge is -2.19. The predicted octanol–water partition coefficient (Wildman–Crippen LogP) is 1.27. The van der Waals surface area contributed by atoms with E-state index in [2.05, 4.69) is 5.10 Å². The van der Waals surface area contributed by atoms with Crippen molar-refractivity contribution in [1.82, 2.24) is 14.7 Å². The maximum atomic E-state index is 12.7. The molecule has 20 heavy (non-hydrogen) atoms. The summed E-state index contributed by atoms with van der Waals surface area (Å²) in [5, 5.41) is 4.33. The third-order valence-corrected chi connectivity index (χ3v) is 4.92. The van der Waals surface area contributed by atoms with Crippen molar-refractivity contribution in [2.75, 3.05) is 13.1 Å². The first-order valence-electron chi connectivity index (χ1n) is 7.04. The molecule has 0 radical (unpaired) electrons. The number of rotatable bonds is 1. The summed E-state index contributed by atoms with van der Waals surface area (Å²) in [7, 11) is 1.88. The van der Waals surface area contributed by atoms with E-state index < -0.39 is 0 Å². The van der Waals surface area contributed by atoms with Crippen molar-refractivity contribution in [3.8, 4) is 0 Å². The quantitative estimate of drug-likeness (QED) is 0.849. The van der Waals surface area contributed by atoms with E-state index in [0.29, 0.717) is 11.8 Å². The Morgan fingerprint density at radius 3 is 2.55 bits per heavy atom. The summed E-state index contributed by atoms with van der Waals surface area (Å²) in [5.74, 6) is 1.24. The number of nitrogens with zero attached hydrogens (tertiary/aromatic N) is 3. The van der Waals surface area contributed by atoms with Crippen LogP contribution in [-0.4, -0.2) is 39.7 Å². The molecule has 1 aliphatic heterocycles. The Bertz CT molecular complexity index is 527. The Morgan fingerprint density at radius 2 is 2.00 bits per heavy atom. The van der Waals surface area contributed by atoms with E-state index in [4.69, 9.17) is 5.73 Å². The fourth-order valence-electron chi connectivity index (χ4n) is 3.71. The van der Waals surface area contributed by atoms with Gasteiger partial charge in [0, 0.05) is 31.9 Å². The van der Waals surface area contributed by atoms with Crippen LogP contribution >= 0.6 is 12.4 Å². The van der Waals surface area contributed by atoms with Crippen molar-refractivity contribution in [1.29, 1.82) is 0 Å². The fourth-order valence-corrected chi connectivity index (χ4v) is 3.71. The smallest absolute Gasteiger partial charge is 0.257 e. The third kappa shape index (κ3) is 2.23. The van der Waals surface area contributed by atoms with E-state index in [9.17, 15) is 4.79 Å². The number of fused-ring (bicyclic) bond motifs is 1. The van der Waals surface area contributed by atoms with Crippen LogP contribution in [0.1, 0.15) is 34.6 Å². The molecule has 3 rings (SSSR count). The van der Waals surface area contributed by atoms with Crippen molar-refractivity contribution >= 4 is 18.3 Å². The number of aromatic nitrogens is 2. The molecule has 3 unspecified atom stereocenters. The number of nitrogens with two attached hydrogens (primary N) is 1. The SMILES string of the molecule is Cc1nn(C)c(C)c1C(=O)N1CC2CCC(N)C2C1.Cl. The molecule has 1 saturated carbocycles. The Labute approximate surface area is 125 Å². The summed E-state index contributed by atoms with van der Waals surface area (Å²) in [6.07, 6.45) is 2.28. The Morgan fingerprint density at radius 1 is 1.30 bits per heavy atom. The first-order valence-corrected chi connectivity index (χ1v) is 7.04. The van der Waals surface area contributed by atoms with Gasteiger partial charge in [0.05, 0.1) is 11.3 Å². The van der Waals surface area contributed by atoms with Gasteiger partial charge in [-0.15, -0.1) is 12.4 Å². The summed E-state index contributed by atoms with van der Waals surface area (Å²) in [6.45, 7) is 5.54. The van der Waals surface area contributed by atoms with E-state index >= 15 is 0 Å². The van der Waals surface area contributed by atoms with E-state index in [0.717, 1.165) is 36.5 Å². The molecule has 0 aromatic carbocycles. The molecule has 1 aromatic heterocycles. The van der Waals surface area contributed by atoms with Crippen LogP contribution in [0.5, 0.6) is 0 Å². The first kappa shape index (κ1) is 15.3. The van der Waals surface area contributed by atoms with Gasteiger partial charge in [0.25, 0.3) is 5.91 Å². The van der Waals surface area contributed by atoms with Crippen molar-refractivity contribution in [2.45, 2.75) is 32.7 Å². The molecule has 0 spiro atoms. The van der Waals surface area contributed by atoms with Crippen LogP contribution in [0.3, 0.4) is 0 Å². The largest absolute Gasteiger partial charge is 0.338 e. The topological polar surface area (TPSA) is 64.2 Å². The number of aryl methyl sites for hydroxylation is 2. The van der Waals surface area contributed by atoms with Crippen molar-refractivity contribution < 1.29 is 4.79 Å². The lowest BCUT2D eigenvalue weighted by Crippen LogP contribution is -2.34. The number of hydrogen-bond donors (Lipinski definition) is 1. The molecular formula is C14H23ClN4O. The molecule has 1 aliphatic carbocycles. The van der Waals surface area contributed by atoms with Gasteiger partial charge in [-0.25, -0.2) is 0 Å². The van der Waals surface area contributed by atoms with Crippen LogP contribution < -0.4 is 5.73 Å². The molecule has 2 fully saturated rings. The average molecular weight is 299 g/mol. The number of amides is 1. The Hall–Kier alpha value is -1.07. The van der Waals surface area contributed by atoms with Crippen LogP contribution in [0.2, 0.25) is 0 Å². The van der Waals surface area contributed by atoms with Crippen LogP contribution in [-0.2, 0) is 7.05 Å². The summed E-state index contributed by atoms with van der Waals surface area (Å²) < 4.78 is 1.78. The van der Waals surface area contributed by atoms with Crippen molar-refractivity contribution in [3.63, 3.8) is 0 Å². The summed E-state index contributed by atoms with van der Waals surface area (Å²) in [6, 6.07) is 0.277. The van der Waals surface area contributed by atoms with Gasteiger partial charge in [-0.2, -0.15) is 5.10 Å². The van der Waals surface area contributed by atoms with Gasteiger partial charge in [0.2, 0.25) is 0 Å². The zero-order valence-corrected chi connectivity index (χ0v) is 13.1. The number of hydrogen-bond acceptors (Lipinski definition) is 3. The van der Waals surface area contributed by atoms with E-state index in [1.165, 1.54) is 6.42 Å². The van der Waals surface area contributed by atoms with Gasteiger partial charge in [0.15, 0.2) is 0 Å². The highest BCUT2D eigenvalue weighted by atomic mass is 35.5. The molecule has 2 heterocycles. The van der Waals surface area contributed by atoms with Crippen LogP contribution in [0.25, 0.3) is 0 Å². The minimum atomic E-state index is 0. The van der Waals surface area contributed by atoms with Crippen LogP contribution in [0.15, 0.2) is 0 Å². The third-order valence-electron chi connectivity index (χ3n) is 4.92. The maximum Gasteiger partial charge on any atom is 0.257 e. The minimum absolute atomic E-state index is 0. The average Bonchev–Trinajstić information content (AvgIpc) is 2.97. The zero-order chi connectivity index (χ0) is 13.7. The number of halogens is 1. The number of carbonyl (C=O) groups excluding carboxylic acids is 1. The van der Waals surface area contributed by atoms with E-state index in [1.807, 2.05) is 25.8 Å². The van der Waals surface area contributed by atoms with Crippen LogP contribution in [0.4, 0.5) is 0 Å². The lowest BCUT2D eigenvalue weighted by molar-refractivity contribution is 0.0778. The highest BCUT2D eigenvalue weighted by Crippen LogP contribution is 2.37. The van der Waals surface area contributed by atoms with Crippen molar-refractivity contribution in [3.05, 3.63) is 17.0 Å². The molecule has 0 bridgehead atoms. The van der Waals surface area contributed by atoms with Crippen molar-refractivity contribution in [2.24, 2.45) is 24.6 Å². The highest BCUT2D eigenvalue weighted by Gasteiger charge is 2.43. The molecule has 1 aromatic rings. The molecular weight excluding hydrogens is 276 g/mol. The Kier molecular flexibility index (Phi) is 4.12. The first-order chi connectivity index (χ1) is 8.99. The number of carbonyl (C=O) groups is 1. The summed E-state index contributed by atoms with van der Waals surface area (Å²) in [5.41, 5.74) is 8.68. The second-order valence-corrected chi connectivity index (χ2v) is 6.04. The van der Waals surface area contributed by atoms with Crippen LogP contribution in [0, 0.1) is 25.7 Å². The fraction of sp³-hybridized carbons (Fsp3) is 0.714. The predicted molar refractivity (Wildman–Crippen MR) is 80.0 cm³/mol. The lowest BCUT2D eigenvalue weighted by atomic mass is 9.98. The minimum Gasteiger partial charge on any atom is -0.338 e. The molecule has 5 nitrogen and oxygen atoms in total. The Balaban J connectivity index is 0.00000147. The monoisotopic (exact) mass is 298 g/mol. The van der Waals surface area contributed by atoms with Gasteiger partial charge in [0.1, 0.15) is 0 Å². The molecule has 3 atom stereocenters.